The van der Waals surface area contributed by atoms with Crippen molar-refractivity contribution in [2.45, 2.75) is 20.8 Å². The Morgan fingerprint density at radius 3 is 1.51 bits per heavy atom. The van der Waals surface area contributed by atoms with Gasteiger partial charge in [0.2, 0.25) is 0 Å². The predicted molar refractivity (Wildman–Crippen MR) is 167 cm³/mol. The van der Waals surface area contributed by atoms with E-state index >= 15 is 0 Å². The van der Waals surface area contributed by atoms with Gasteiger partial charge in [0.15, 0.2) is 0 Å². The van der Waals surface area contributed by atoms with Gasteiger partial charge in [-0.05, 0) is 13.8 Å². The van der Waals surface area contributed by atoms with E-state index in [4.69, 9.17) is 0 Å². The summed E-state index contributed by atoms with van der Waals surface area (Å²) < 4.78 is 1.42. The van der Waals surface area contributed by atoms with Crippen molar-refractivity contribution in [3.05, 3.63) is 167 Å². The minimum absolute atomic E-state index is 1.33. The molecule has 7 aromatic carbocycles. The van der Waals surface area contributed by atoms with Crippen LogP contribution < -0.4 is 0 Å². The summed E-state index contributed by atoms with van der Waals surface area (Å²) in [5.41, 5.74) is 6.69. The third-order valence-electron chi connectivity index (χ3n) is 7.04. The molecule has 0 aromatic heterocycles. The average Bonchev–Trinajstić information content (AvgIpc) is 3.53. The molecular weight excluding hydrogens is 548 g/mol. The second kappa shape index (κ2) is 12.5. The van der Waals surface area contributed by atoms with Crippen molar-refractivity contribution >= 4 is 35.5 Å². The summed E-state index contributed by atoms with van der Waals surface area (Å²) in [7, 11) is 0. The van der Waals surface area contributed by atoms with Crippen molar-refractivity contribution < 1.29 is 24.2 Å². The molecule has 1 heteroatoms. The molecule has 0 aliphatic heterocycles. The second-order valence-electron chi connectivity index (χ2n) is 10.0. The van der Waals surface area contributed by atoms with E-state index in [1.165, 1.54) is 87.6 Å². The SMILES string of the molecule is Cc1c[cH-]c2ccccc12.Cc1ccc2c(c1)[cH-]c1cc(C)ccc12.[Zr+2]=[C](c1ccccc1)c1ccccc1. The van der Waals surface area contributed by atoms with Crippen LogP contribution in [0.5, 0.6) is 0 Å². The summed E-state index contributed by atoms with van der Waals surface area (Å²) >= 11 is 1.46. The summed E-state index contributed by atoms with van der Waals surface area (Å²) in [6.07, 6.45) is 0. The number of benzene rings is 5. The number of aryl methyl sites for hydroxylation is 3. The molecule has 0 amide bonds. The van der Waals surface area contributed by atoms with E-state index in [0.717, 1.165) is 0 Å². The van der Waals surface area contributed by atoms with Gasteiger partial charge in [0.25, 0.3) is 0 Å². The first-order valence-electron chi connectivity index (χ1n) is 13.4. The fourth-order valence-electron chi connectivity index (χ4n) is 4.94. The Hall–Kier alpha value is -3.67. The Balaban J connectivity index is 0.000000121. The molecule has 7 aromatic rings. The van der Waals surface area contributed by atoms with Gasteiger partial charge in [-0.15, -0.1) is 74.8 Å². The minimum atomic E-state index is 1.33. The van der Waals surface area contributed by atoms with E-state index < -0.39 is 0 Å². The van der Waals surface area contributed by atoms with Crippen LogP contribution in [-0.2, 0) is 24.2 Å². The van der Waals surface area contributed by atoms with Crippen molar-refractivity contribution in [3.63, 3.8) is 0 Å². The summed E-state index contributed by atoms with van der Waals surface area (Å²) in [5.74, 6) is 0. The van der Waals surface area contributed by atoms with Gasteiger partial charge < -0.3 is 0 Å². The quantitative estimate of drug-likeness (QED) is 0.179. The monoisotopic (exact) mass is 578 g/mol. The Morgan fingerprint density at radius 1 is 0.513 bits per heavy atom. The summed E-state index contributed by atoms with van der Waals surface area (Å²) in [6.45, 7) is 6.42. The van der Waals surface area contributed by atoms with E-state index in [1.807, 2.05) is 0 Å². The molecule has 0 atom stereocenters. The predicted octanol–water partition coefficient (Wildman–Crippen LogP) is 10.00. The molecule has 0 spiro atoms. The maximum absolute atomic E-state index is 2.28. The Morgan fingerprint density at radius 2 is 1.00 bits per heavy atom. The molecule has 188 valence electrons. The number of fused-ring (bicyclic) bond motifs is 4. The molecule has 0 nitrogen and oxygen atoms in total. The zero-order valence-electron chi connectivity index (χ0n) is 22.8. The van der Waals surface area contributed by atoms with Crippen LogP contribution in [0.25, 0.3) is 32.3 Å². The zero-order chi connectivity index (χ0) is 27.2. The zero-order valence-corrected chi connectivity index (χ0v) is 25.2. The molecule has 0 saturated heterocycles. The number of hydrogen-bond acceptors (Lipinski definition) is 0. The summed E-state index contributed by atoms with van der Waals surface area (Å²) in [4.78, 5) is 0. The van der Waals surface area contributed by atoms with Crippen LogP contribution in [0, 0.1) is 20.8 Å². The van der Waals surface area contributed by atoms with Crippen LogP contribution in [0.2, 0.25) is 0 Å². The van der Waals surface area contributed by atoms with E-state index in [9.17, 15) is 0 Å². The standard InChI is InChI=1S/C15H13.C13H10.C10H9.Zr/c1-10-3-5-14-12(7-10)9-13-8-11(2)4-6-15(13)14;1-3-7-12(8-4-1)11-13-9-5-2-6-10-13;1-8-6-7-9-4-2-3-5-10(8)9;/h3-9H,1-2H3;1-10H;2-7H,1H3;/q-1;;-1;+2. The van der Waals surface area contributed by atoms with Crippen LogP contribution in [0.15, 0.2) is 140 Å². The first-order valence-corrected chi connectivity index (χ1v) is 14.6. The third-order valence-corrected chi connectivity index (χ3v) is 8.46. The van der Waals surface area contributed by atoms with Crippen LogP contribution >= 0.6 is 0 Å². The Bertz CT molecular complexity index is 1730. The summed E-state index contributed by atoms with van der Waals surface area (Å²) in [6, 6.07) is 49.5. The first-order chi connectivity index (χ1) is 19.0. The Labute approximate surface area is 246 Å². The van der Waals surface area contributed by atoms with Crippen molar-refractivity contribution in [1.82, 2.24) is 0 Å². The molecule has 0 aliphatic rings. The molecule has 0 heterocycles. The molecule has 7 rings (SSSR count). The molecular formula is C38H32Zr. The molecule has 0 aliphatic carbocycles. The van der Waals surface area contributed by atoms with Gasteiger partial charge in [-0.2, -0.15) is 11.6 Å². The molecule has 0 radical (unpaired) electrons. The molecule has 0 fully saturated rings. The van der Waals surface area contributed by atoms with Crippen LogP contribution in [0.1, 0.15) is 27.8 Å². The van der Waals surface area contributed by atoms with Crippen molar-refractivity contribution in [3.8, 4) is 0 Å². The molecule has 0 N–H and O–H groups in total. The normalized spacial score (nSPS) is 10.6. The van der Waals surface area contributed by atoms with Gasteiger partial charge in [-0.1, -0.05) is 48.4 Å². The first kappa shape index (κ1) is 26.9. The molecule has 39 heavy (non-hydrogen) atoms. The molecule has 0 saturated carbocycles. The Kier molecular flexibility index (Phi) is 8.60. The van der Waals surface area contributed by atoms with Crippen LogP contribution in [0.4, 0.5) is 0 Å². The van der Waals surface area contributed by atoms with E-state index in [0.29, 0.717) is 0 Å². The van der Waals surface area contributed by atoms with E-state index in [-0.39, 0.29) is 0 Å². The molecule has 0 unspecified atom stereocenters. The number of hydrogen-bond donors (Lipinski definition) is 0. The number of rotatable bonds is 2. The van der Waals surface area contributed by atoms with Gasteiger partial charge in [0.05, 0.1) is 0 Å². The van der Waals surface area contributed by atoms with Gasteiger partial charge >= 0.3 is 99.2 Å². The maximum atomic E-state index is 2.28. The van der Waals surface area contributed by atoms with Crippen molar-refractivity contribution in [2.75, 3.05) is 0 Å². The van der Waals surface area contributed by atoms with Crippen LogP contribution in [-0.4, -0.2) is 3.21 Å². The average molecular weight is 580 g/mol. The topological polar surface area (TPSA) is 0 Å². The van der Waals surface area contributed by atoms with Crippen molar-refractivity contribution in [1.29, 1.82) is 0 Å². The molecule has 0 bridgehead atoms. The fraction of sp³-hybridized carbons (Fsp3) is 0.0789. The van der Waals surface area contributed by atoms with E-state index in [2.05, 4.69) is 160 Å². The van der Waals surface area contributed by atoms with Crippen LogP contribution in [0.3, 0.4) is 0 Å². The van der Waals surface area contributed by atoms with Gasteiger partial charge in [-0.25, -0.2) is 0 Å². The van der Waals surface area contributed by atoms with E-state index in [1.54, 1.807) is 0 Å². The summed E-state index contributed by atoms with van der Waals surface area (Å²) in [5, 5.41) is 8.18. The fourth-order valence-corrected chi connectivity index (χ4v) is 5.76. The van der Waals surface area contributed by atoms with Gasteiger partial charge in [0.1, 0.15) is 0 Å². The van der Waals surface area contributed by atoms with Gasteiger partial charge in [-0.3, -0.25) is 0 Å². The van der Waals surface area contributed by atoms with Gasteiger partial charge in [0, 0.05) is 0 Å². The third kappa shape index (κ3) is 6.50. The van der Waals surface area contributed by atoms with Crippen molar-refractivity contribution in [2.24, 2.45) is 0 Å². The second-order valence-corrected chi connectivity index (χ2v) is 11.3.